The summed E-state index contributed by atoms with van der Waals surface area (Å²) in [6, 6.07) is 4.77. The number of benzene rings is 1. The van der Waals surface area contributed by atoms with Gasteiger partial charge in [-0.05, 0) is 25.5 Å². The third-order valence-electron chi connectivity index (χ3n) is 2.86. The van der Waals surface area contributed by atoms with Gasteiger partial charge < -0.3 is 10.6 Å². The summed E-state index contributed by atoms with van der Waals surface area (Å²) in [5.41, 5.74) is 0.148. The quantitative estimate of drug-likeness (QED) is 0.599. The first-order valence-electron chi connectivity index (χ1n) is 6.41. The van der Waals surface area contributed by atoms with Gasteiger partial charge in [0.2, 0.25) is 5.91 Å². The Kier molecular flexibility index (Phi) is 6.24. The summed E-state index contributed by atoms with van der Waals surface area (Å²) in [5.74, 6) is -0.0865. The highest BCUT2D eigenvalue weighted by Gasteiger charge is 2.18. The summed E-state index contributed by atoms with van der Waals surface area (Å²) in [6.45, 7) is 4.22. The molecule has 0 spiro atoms. The molecule has 1 amide bonds. The topological polar surface area (TPSA) is 84.3 Å². The fourth-order valence-electron chi connectivity index (χ4n) is 1.60. The standard InChI is InChI=1S/C13H18ClN3O3/c1-3-9(2)16-12(18)7-8-15-11-6-4-5-10(14)13(11)17(19)20/h4-6,9,15H,3,7-8H2,1-2H3,(H,16,18). The van der Waals surface area contributed by atoms with Gasteiger partial charge in [0.25, 0.3) is 0 Å². The lowest BCUT2D eigenvalue weighted by atomic mass is 10.2. The first-order valence-corrected chi connectivity index (χ1v) is 6.79. The van der Waals surface area contributed by atoms with Crippen LogP contribution in [0.5, 0.6) is 0 Å². The molecule has 1 rings (SSSR count). The van der Waals surface area contributed by atoms with E-state index in [1.54, 1.807) is 12.1 Å². The zero-order valence-electron chi connectivity index (χ0n) is 11.5. The molecule has 1 aromatic carbocycles. The summed E-state index contributed by atoms with van der Waals surface area (Å²) in [5, 5.41) is 16.7. The van der Waals surface area contributed by atoms with Gasteiger partial charge in [0.1, 0.15) is 10.7 Å². The highest BCUT2D eigenvalue weighted by Crippen LogP contribution is 2.32. The average molecular weight is 300 g/mol. The molecular weight excluding hydrogens is 282 g/mol. The molecule has 0 heterocycles. The lowest BCUT2D eigenvalue weighted by molar-refractivity contribution is -0.383. The van der Waals surface area contributed by atoms with E-state index in [0.717, 1.165) is 6.42 Å². The van der Waals surface area contributed by atoms with Crippen molar-refractivity contribution in [1.82, 2.24) is 5.32 Å². The monoisotopic (exact) mass is 299 g/mol. The molecule has 0 aliphatic rings. The lowest BCUT2D eigenvalue weighted by Crippen LogP contribution is -2.32. The number of nitro benzene ring substituents is 1. The molecule has 0 fully saturated rings. The van der Waals surface area contributed by atoms with Crippen LogP contribution < -0.4 is 10.6 Å². The number of halogens is 1. The summed E-state index contributed by atoms with van der Waals surface area (Å²) in [7, 11) is 0. The minimum atomic E-state index is -0.538. The molecule has 0 aliphatic carbocycles. The van der Waals surface area contributed by atoms with Crippen LogP contribution in [-0.4, -0.2) is 23.4 Å². The Hall–Kier alpha value is -1.82. The van der Waals surface area contributed by atoms with Gasteiger partial charge in [-0.2, -0.15) is 0 Å². The van der Waals surface area contributed by atoms with Crippen LogP contribution in [0.4, 0.5) is 11.4 Å². The molecule has 1 aromatic rings. The van der Waals surface area contributed by atoms with Crippen molar-refractivity contribution in [3.05, 3.63) is 33.3 Å². The second-order valence-corrected chi connectivity index (χ2v) is 4.85. The Morgan fingerprint density at radius 2 is 2.20 bits per heavy atom. The number of amides is 1. The van der Waals surface area contributed by atoms with E-state index in [-0.39, 0.29) is 29.1 Å². The van der Waals surface area contributed by atoms with Crippen LogP contribution in [0.2, 0.25) is 5.02 Å². The van der Waals surface area contributed by atoms with Gasteiger partial charge in [-0.1, -0.05) is 24.6 Å². The minimum absolute atomic E-state index is 0.0732. The maximum Gasteiger partial charge on any atom is 0.310 e. The van der Waals surface area contributed by atoms with Crippen molar-refractivity contribution < 1.29 is 9.72 Å². The van der Waals surface area contributed by atoms with Gasteiger partial charge in [0.15, 0.2) is 0 Å². The van der Waals surface area contributed by atoms with Crippen molar-refractivity contribution in [2.24, 2.45) is 0 Å². The molecule has 0 aromatic heterocycles. The normalized spacial score (nSPS) is 11.8. The van der Waals surface area contributed by atoms with E-state index < -0.39 is 4.92 Å². The summed E-state index contributed by atoms with van der Waals surface area (Å²) < 4.78 is 0. The third kappa shape index (κ3) is 4.70. The van der Waals surface area contributed by atoms with Gasteiger partial charge >= 0.3 is 5.69 Å². The molecular formula is C13H18ClN3O3. The van der Waals surface area contributed by atoms with E-state index in [9.17, 15) is 14.9 Å². The molecule has 6 nitrogen and oxygen atoms in total. The summed E-state index contributed by atoms with van der Waals surface area (Å²) >= 11 is 5.79. The van der Waals surface area contributed by atoms with E-state index >= 15 is 0 Å². The number of nitro groups is 1. The first kappa shape index (κ1) is 16.2. The number of carbonyl (C=O) groups is 1. The maximum atomic E-state index is 11.6. The van der Waals surface area contributed by atoms with Gasteiger partial charge in [-0.15, -0.1) is 0 Å². The number of nitrogens with zero attached hydrogens (tertiary/aromatic N) is 1. The summed E-state index contributed by atoms with van der Waals surface area (Å²) in [6.07, 6.45) is 1.10. The second-order valence-electron chi connectivity index (χ2n) is 4.45. The van der Waals surface area contributed by atoms with Crippen molar-refractivity contribution in [2.75, 3.05) is 11.9 Å². The largest absolute Gasteiger partial charge is 0.379 e. The number of para-hydroxylation sites is 1. The van der Waals surface area contributed by atoms with Crippen molar-refractivity contribution in [1.29, 1.82) is 0 Å². The Labute approximate surface area is 122 Å². The van der Waals surface area contributed by atoms with Crippen molar-refractivity contribution in [3.8, 4) is 0 Å². The first-order chi connectivity index (χ1) is 9.45. The highest BCUT2D eigenvalue weighted by molar-refractivity contribution is 6.33. The van der Waals surface area contributed by atoms with Gasteiger partial charge in [0, 0.05) is 19.0 Å². The number of carbonyl (C=O) groups excluding carboxylic acids is 1. The van der Waals surface area contributed by atoms with E-state index in [1.807, 2.05) is 13.8 Å². The molecule has 0 aliphatic heterocycles. The third-order valence-corrected chi connectivity index (χ3v) is 3.16. The predicted molar refractivity (Wildman–Crippen MR) is 79.1 cm³/mol. The van der Waals surface area contributed by atoms with Gasteiger partial charge in [-0.25, -0.2) is 0 Å². The Balaban J connectivity index is 2.57. The van der Waals surface area contributed by atoms with Crippen LogP contribution in [0.15, 0.2) is 18.2 Å². The second kappa shape index (κ2) is 7.69. The zero-order valence-corrected chi connectivity index (χ0v) is 12.2. The SMILES string of the molecule is CCC(C)NC(=O)CCNc1cccc(Cl)c1[N+](=O)[O-]. The van der Waals surface area contributed by atoms with Crippen LogP contribution in [0.1, 0.15) is 26.7 Å². The van der Waals surface area contributed by atoms with Crippen molar-refractivity contribution >= 4 is 28.9 Å². The molecule has 0 radical (unpaired) electrons. The molecule has 110 valence electrons. The Bertz CT molecular complexity index is 494. The fourth-order valence-corrected chi connectivity index (χ4v) is 1.85. The number of nitrogens with one attached hydrogen (secondary N) is 2. The maximum absolute atomic E-state index is 11.6. The Morgan fingerprint density at radius 3 is 2.80 bits per heavy atom. The van der Waals surface area contributed by atoms with E-state index in [1.165, 1.54) is 6.07 Å². The number of rotatable bonds is 7. The molecule has 0 saturated heterocycles. The van der Waals surface area contributed by atoms with E-state index in [4.69, 9.17) is 11.6 Å². The molecule has 1 unspecified atom stereocenters. The van der Waals surface area contributed by atoms with E-state index in [0.29, 0.717) is 12.2 Å². The van der Waals surface area contributed by atoms with Gasteiger partial charge in [0.05, 0.1) is 4.92 Å². The molecule has 7 heteroatoms. The zero-order chi connectivity index (χ0) is 15.1. The van der Waals surface area contributed by atoms with Crippen LogP contribution >= 0.6 is 11.6 Å². The number of hydrogen-bond acceptors (Lipinski definition) is 4. The smallest absolute Gasteiger partial charge is 0.310 e. The van der Waals surface area contributed by atoms with Crippen LogP contribution in [0.25, 0.3) is 0 Å². The average Bonchev–Trinajstić information content (AvgIpc) is 2.38. The van der Waals surface area contributed by atoms with Crippen molar-refractivity contribution in [2.45, 2.75) is 32.7 Å². The molecule has 1 atom stereocenters. The highest BCUT2D eigenvalue weighted by atomic mass is 35.5. The van der Waals surface area contributed by atoms with Gasteiger partial charge in [-0.3, -0.25) is 14.9 Å². The predicted octanol–water partition coefficient (Wildman–Crippen LogP) is 2.96. The molecule has 0 bridgehead atoms. The van der Waals surface area contributed by atoms with E-state index in [2.05, 4.69) is 10.6 Å². The molecule has 0 saturated carbocycles. The molecule has 2 N–H and O–H groups in total. The number of hydrogen-bond donors (Lipinski definition) is 2. The van der Waals surface area contributed by atoms with Crippen molar-refractivity contribution in [3.63, 3.8) is 0 Å². The minimum Gasteiger partial charge on any atom is -0.379 e. The van der Waals surface area contributed by atoms with Crippen LogP contribution in [-0.2, 0) is 4.79 Å². The Morgan fingerprint density at radius 1 is 1.50 bits per heavy atom. The lowest BCUT2D eigenvalue weighted by Gasteiger charge is -2.12. The van der Waals surface area contributed by atoms with Crippen LogP contribution in [0.3, 0.4) is 0 Å². The summed E-state index contributed by atoms with van der Waals surface area (Å²) in [4.78, 5) is 22.0. The van der Waals surface area contributed by atoms with Crippen LogP contribution in [0, 0.1) is 10.1 Å². The fraction of sp³-hybridized carbons (Fsp3) is 0.462. The number of anilines is 1. The molecule has 20 heavy (non-hydrogen) atoms.